The minimum Gasteiger partial charge on any atom is -0.381 e. The van der Waals surface area contributed by atoms with E-state index in [0.29, 0.717) is 22.5 Å². The minimum absolute atomic E-state index is 0.195. The second-order valence-electron chi connectivity index (χ2n) is 6.03. The maximum Gasteiger partial charge on any atom is 0.152 e. The maximum absolute atomic E-state index is 14.5. The van der Waals surface area contributed by atoms with Gasteiger partial charge in [0.15, 0.2) is 5.82 Å². The van der Waals surface area contributed by atoms with Crippen molar-refractivity contribution in [2.45, 2.75) is 25.2 Å². The van der Waals surface area contributed by atoms with E-state index in [2.05, 4.69) is 4.98 Å². The fourth-order valence-electron chi connectivity index (χ4n) is 3.29. The van der Waals surface area contributed by atoms with Gasteiger partial charge in [0.05, 0.1) is 34.7 Å². The molecule has 1 atom stereocenters. The molecule has 0 N–H and O–H groups in total. The highest BCUT2D eigenvalue weighted by Crippen LogP contribution is 2.34. The van der Waals surface area contributed by atoms with Crippen molar-refractivity contribution in [1.82, 2.24) is 14.8 Å². The molecule has 6 heteroatoms. The van der Waals surface area contributed by atoms with E-state index in [9.17, 15) is 4.39 Å². The lowest BCUT2D eigenvalue weighted by Crippen LogP contribution is -2.03. The Morgan fingerprint density at radius 3 is 2.79 bits per heavy atom. The number of ether oxygens (including phenoxy) is 1. The maximum atomic E-state index is 14.5. The van der Waals surface area contributed by atoms with Gasteiger partial charge in [-0.15, -0.1) is 0 Å². The first-order valence-corrected chi connectivity index (χ1v) is 8.47. The van der Waals surface area contributed by atoms with Crippen LogP contribution in [0.2, 0.25) is 5.02 Å². The van der Waals surface area contributed by atoms with Gasteiger partial charge in [0.25, 0.3) is 0 Å². The van der Waals surface area contributed by atoms with Gasteiger partial charge in [0.2, 0.25) is 0 Å². The Kier molecular flexibility index (Phi) is 4.21. The molecule has 1 aliphatic rings. The van der Waals surface area contributed by atoms with Gasteiger partial charge in [0, 0.05) is 24.2 Å². The predicted octanol–water partition coefficient (Wildman–Crippen LogP) is 4.50. The molecule has 1 saturated heterocycles. The first-order chi connectivity index (χ1) is 11.7. The highest BCUT2D eigenvalue weighted by atomic mass is 35.5. The summed E-state index contributed by atoms with van der Waals surface area (Å²) in [6.45, 7) is 1.45. The third kappa shape index (κ3) is 2.78. The Balaban J connectivity index is 1.89. The van der Waals surface area contributed by atoms with E-state index in [1.54, 1.807) is 23.0 Å². The lowest BCUT2D eigenvalue weighted by atomic mass is 9.95. The normalized spacial score (nSPS) is 18.7. The quantitative estimate of drug-likeness (QED) is 0.686. The van der Waals surface area contributed by atoms with Gasteiger partial charge in [-0.25, -0.2) is 9.07 Å². The summed E-state index contributed by atoms with van der Waals surface area (Å²) in [5.41, 5.74) is 2.32. The van der Waals surface area contributed by atoms with Crippen LogP contribution in [-0.4, -0.2) is 28.0 Å². The number of fused-ring (bicyclic) bond motifs is 1. The molecule has 1 aromatic carbocycles. The van der Waals surface area contributed by atoms with Crippen molar-refractivity contribution in [2.75, 3.05) is 13.2 Å². The number of hydrogen-bond donors (Lipinski definition) is 0. The first-order valence-electron chi connectivity index (χ1n) is 8.10. The third-order valence-corrected chi connectivity index (χ3v) is 4.73. The summed E-state index contributed by atoms with van der Waals surface area (Å²) in [6, 6.07) is 7.35. The Hall–Kier alpha value is -1.98. The fraction of sp³-hybridized carbons (Fsp3) is 0.333. The lowest BCUT2D eigenvalue weighted by molar-refractivity contribution is 0.143. The van der Waals surface area contributed by atoms with Crippen LogP contribution in [0.4, 0.5) is 4.39 Å². The summed E-state index contributed by atoms with van der Waals surface area (Å²) in [5.74, 6) is -0.131. The summed E-state index contributed by atoms with van der Waals surface area (Å²) in [6.07, 6.45) is 5.69. The van der Waals surface area contributed by atoms with Crippen molar-refractivity contribution in [3.05, 3.63) is 53.2 Å². The minimum atomic E-state index is -0.326. The van der Waals surface area contributed by atoms with E-state index in [-0.39, 0.29) is 11.7 Å². The molecule has 2 aromatic heterocycles. The van der Waals surface area contributed by atoms with Crippen LogP contribution in [0.3, 0.4) is 0 Å². The van der Waals surface area contributed by atoms with E-state index in [1.165, 1.54) is 6.20 Å². The largest absolute Gasteiger partial charge is 0.381 e. The number of aromatic nitrogens is 3. The molecule has 4 nitrogen and oxygen atoms in total. The van der Waals surface area contributed by atoms with Crippen molar-refractivity contribution < 1.29 is 9.13 Å². The topological polar surface area (TPSA) is 39.9 Å². The fourth-order valence-corrected chi connectivity index (χ4v) is 3.42. The molecule has 0 bridgehead atoms. The average Bonchev–Trinajstić information content (AvgIpc) is 2.78. The predicted molar refractivity (Wildman–Crippen MR) is 91.2 cm³/mol. The zero-order valence-corrected chi connectivity index (χ0v) is 13.8. The summed E-state index contributed by atoms with van der Waals surface area (Å²) in [7, 11) is 0. The zero-order valence-electron chi connectivity index (χ0n) is 13.1. The van der Waals surface area contributed by atoms with E-state index >= 15 is 0 Å². The van der Waals surface area contributed by atoms with Gasteiger partial charge in [0.1, 0.15) is 0 Å². The van der Waals surface area contributed by atoms with Crippen LogP contribution < -0.4 is 0 Å². The van der Waals surface area contributed by atoms with Gasteiger partial charge in [-0.2, -0.15) is 5.10 Å². The zero-order chi connectivity index (χ0) is 16.5. The first kappa shape index (κ1) is 15.5. The van der Waals surface area contributed by atoms with Crippen molar-refractivity contribution >= 4 is 22.5 Å². The highest BCUT2D eigenvalue weighted by Gasteiger charge is 2.24. The summed E-state index contributed by atoms with van der Waals surface area (Å²) >= 11 is 5.97. The van der Waals surface area contributed by atoms with Crippen LogP contribution in [0.1, 0.15) is 30.9 Å². The van der Waals surface area contributed by atoms with Crippen LogP contribution in [-0.2, 0) is 4.74 Å². The molecule has 3 aromatic rings. The Bertz CT molecular complexity index is 855. The molecule has 0 aliphatic carbocycles. The molecular formula is C18H17ClFN3O. The van der Waals surface area contributed by atoms with Crippen LogP contribution in [0.15, 0.2) is 36.7 Å². The molecule has 0 spiro atoms. The smallest absolute Gasteiger partial charge is 0.152 e. The lowest BCUT2D eigenvalue weighted by Gasteiger charge is -2.10. The number of halogens is 2. The molecule has 1 aliphatic heterocycles. The monoisotopic (exact) mass is 345 g/mol. The molecule has 124 valence electrons. The molecule has 3 heterocycles. The second-order valence-corrected chi connectivity index (χ2v) is 6.47. The number of pyridine rings is 1. The number of rotatable bonds is 2. The summed E-state index contributed by atoms with van der Waals surface area (Å²) in [5, 5.41) is 5.97. The van der Waals surface area contributed by atoms with Crippen LogP contribution in [0.25, 0.3) is 16.6 Å². The SMILES string of the molecule is Fc1cncc2c1c(C1CCCOCC1)nn2-c1ccc(Cl)cc1. The molecule has 1 unspecified atom stereocenters. The van der Waals surface area contributed by atoms with Crippen LogP contribution >= 0.6 is 11.6 Å². The standard InChI is InChI=1S/C18H17ClFN3O/c19-13-3-5-14(6-4-13)23-16-11-21-10-15(20)17(16)18(22-23)12-2-1-8-24-9-7-12/h3-6,10-12H,1-2,7-9H2. The van der Waals surface area contributed by atoms with Crippen molar-refractivity contribution in [1.29, 1.82) is 0 Å². The average molecular weight is 346 g/mol. The van der Waals surface area contributed by atoms with Gasteiger partial charge < -0.3 is 4.74 Å². The van der Waals surface area contributed by atoms with Crippen molar-refractivity contribution in [2.24, 2.45) is 0 Å². The van der Waals surface area contributed by atoms with Gasteiger partial charge >= 0.3 is 0 Å². The van der Waals surface area contributed by atoms with Crippen LogP contribution in [0, 0.1) is 5.82 Å². The Labute approximate surface area is 144 Å². The van der Waals surface area contributed by atoms with Gasteiger partial charge in [-0.3, -0.25) is 4.98 Å². The highest BCUT2D eigenvalue weighted by molar-refractivity contribution is 6.30. The molecular weight excluding hydrogens is 329 g/mol. The summed E-state index contributed by atoms with van der Waals surface area (Å²) in [4.78, 5) is 4.01. The van der Waals surface area contributed by atoms with E-state index in [1.807, 2.05) is 12.1 Å². The Morgan fingerprint density at radius 1 is 1.12 bits per heavy atom. The molecule has 0 amide bonds. The molecule has 0 saturated carbocycles. The number of hydrogen-bond acceptors (Lipinski definition) is 3. The van der Waals surface area contributed by atoms with E-state index in [0.717, 1.165) is 37.3 Å². The molecule has 0 radical (unpaired) electrons. The number of nitrogens with zero attached hydrogens (tertiary/aromatic N) is 3. The molecule has 1 fully saturated rings. The van der Waals surface area contributed by atoms with Gasteiger partial charge in [-0.05, 0) is 43.5 Å². The van der Waals surface area contributed by atoms with Gasteiger partial charge in [-0.1, -0.05) is 11.6 Å². The summed E-state index contributed by atoms with van der Waals surface area (Å²) < 4.78 is 21.8. The number of benzene rings is 1. The van der Waals surface area contributed by atoms with E-state index < -0.39 is 0 Å². The Morgan fingerprint density at radius 2 is 1.96 bits per heavy atom. The van der Waals surface area contributed by atoms with Crippen molar-refractivity contribution in [3.8, 4) is 5.69 Å². The third-order valence-electron chi connectivity index (χ3n) is 4.48. The molecule has 24 heavy (non-hydrogen) atoms. The van der Waals surface area contributed by atoms with Crippen LogP contribution in [0.5, 0.6) is 0 Å². The molecule has 4 rings (SSSR count). The van der Waals surface area contributed by atoms with Crippen molar-refractivity contribution in [3.63, 3.8) is 0 Å². The van der Waals surface area contributed by atoms with E-state index in [4.69, 9.17) is 21.4 Å². The second kappa shape index (κ2) is 6.49.